The van der Waals surface area contributed by atoms with E-state index in [4.69, 9.17) is 17.3 Å². The lowest BCUT2D eigenvalue weighted by Crippen LogP contribution is -2.31. The monoisotopic (exact) mass is 183 g/mol. The lowest BCUT2D eigenvalue weighted by Gasteiger charge is -2.08. The van der Waals surface area contributed by atoms with Crippen LogP contribution in [0.1, 0.15) is 12.5 Å². The molecule has 2 N–H and O–H groups in total. The van der Waals surface area contributed by atoms with Gasteiger partial charge in [-0.2, -0.15) is 0 Å². The number of nitrogens with one attached hydrogen (secondary N) is 1. The molecule has 0 aliphatic heterocycles. The summed E-state index contributed by atoms with van der Waals surface area (Å²) in [4.78, 5) is 8.04. The van der Waals surface area contributed by atoms with Gasteiger partial charge in [-0.1, -0.05) is 12.2 Å². The van der Waals surface area contributed by atoms with E-state index in [-0.39, 0.29) is 0 Å². The Hall–Kier alpha value is -1.07. The van der Waals surface area contributed by atoms with Crippen LogP contribution in [0.15, 0.2) is 18.7 Å². The van der Waals surface area contributed by atoms with Crippen molar-refractivity contribution in [2.75, 3.05) is 0 Å². The zero-order valence-electron chi connectivity index (χ0n) is 6.56. The predicted molar refractivity (Wildman–Crippen MR) is 48.5 cm³/mol. The van der Waals surface area contributed by atoms with Crippen molar-refractivity contribution in [1.29, 1.82) is 0 Å². The molecule has 1 atom stereocenters. The molecule has 1 aromatic rings. The topological polar surface area (TPSA) is 58.0 Å². The van der Waals surface area contributed by atoms with Gasteiger partial charge in [-0.25, -0.2) is 9.97 Å². The summed E-state index contributed by atoms with van der Waals surface area (Å²) in [6, 6.07) is 0. The number of nitrogens with zero attached hydrogens (tertiary/aromatic N) is 2. The quantitative estimate of drug-likeness (QED) is 0.502. The van der Waals surface area contributed by atoms with E-state index >= 15 is 0 Å². The van der Waals surface area contributed by atoms with Crippen LogP contribution in [0.2, 0.25) is 0 Å². The van der Waals surface area contributed by atoms with Crippen molar-refractivity contribution in [3.05, 3.63) is 24.3 Å². The molecule has 0 saturated carbocycles. The predicted octanol–water partition coefficient (Wildman–Crippen LogP) is 0.0800. The van der Waals surface area contributed by atoms with Gasteiger partial charge in [0.15, 0.2) is 0 Å². The maximum absolute atomic E-state index is 8.94. The van der Waals surface area contributed by atoms with E-state index in [1.165, 1.54) is 6.33 Å². The standard InChI is InChI=1S/C7H9N3OS/c1-5(11)10-7(12)6-2-8-4-9-3-6/h2-5,11H,1H3,(H,10,12). The Labute approximate surface area is 75.7 Å². The summed E-state index contributed by atoms with van der Waals surface area (Å²) >= 11 is 4.95. The number of hydrogen-bond donors (Lipinski definition) is 2. The van der Waals surface area contributed by atoms with Gasteiger partial charge in [-0.3, -0.25) is 0 Å². The number of aliphatic hydroxyl groups excluding tert-OH is 1. The minimum absolute atomic E-state index is 0.450. The summed E-state index contributed by atoms with van der Waals surface area (Å²) in [6.45, 7) is 1.59. The molecule has 0 spiro atoms. The van der Waals surface area contributed by atoms with E-state index < -0.39 is 6.23 Å². The van der Waals surface area contributed by atoms with Crippen LogP contribution in [-0.2, 0) is 0 Å². The van der Waals surface area contributed by atoms with Gasteiger partial charge in [0, 0.05) is 18.0 Å². The molecule has 0 amide bonds. The molecule has 0 fully saturated rings. The summed E-state index contributed by atoms with van der Waals surface area (Å²) in [5.74, 6) is 0. The normalized spacial score (nSPS) is 12.2. The highest BCUT2D eigenvalue weighted by molar-refractivity contribution is 7.80. The number of rotatable bonds is 2. The molecular weight excluding hydrogens is 174 g/mol. The van der Waals surface area contributed by atoms with Gasteiger partial charge >= 0.3 is 0 Å². The van der Waals surface area contributed by atoms with Crippen LogP contribution in [-0.4, -0.2) is 26.3 Å². The van der Waals surface area contributed by atoms with Crippen molar-refractivity contribution in [3.8, 4) is 0 Å². The average Bonchev–Trinajstić information content (AvgIpc) is 2.05. The van der Waals surface area contributed by atoms with E-state index in [0.29, 0.717) is 10.6 Å². The molecule has 0 aliphatic carbocycles. The highest BCUT2D eigenvalue weighted by Gasteiger charge is 2.02. The zero-order chi connectivity index (χ0) is 8.97. The fraction of sp³-hybridized carbons (Fsp3) is 0.286. The van der Waals surface area contributed by atoms with Crippen molar-refractivity contribution < 1.29 is 5.11 Å². The van der Waals surface area contributed by atoms with Gasteiger partial charge in [0.2, 0.25) is 0 Å². The third kappa shape index (κ3) is 2.52. The molecule has 4 nitrogen and oxygen atoms in total. The van der Waals surface area contributed by atoms with Gasteiger partial charge in [0.1, 0.15) is 17.5 Å². The van der Waals surface area contributed by atoms with Crippen LogP contribution in [0.3, 0.4) is 0 Å². The Morgan fingerprint density at radius 3 is 2.67 bits per heavy atom. The molecule has 0 radical (unpaired) electrons. The minimum Gasteiger partial charge on any atom is -0.374 e. The summed E-state index contributed by atoms with van der Waals surface area (Å²) in [7, 11) is 0. The molecular formula is C7H9N3OS. The van der Waals surface area contributed by atoms with E-state index in [9.17, 15) is 0 Å². The third-order valence-corrected chi connectivity index (χ3v) is 1.52. The van der Waals surface area contributed by atoms with Crippen molar-refractivity contribution in [3.63, 3.8) is 0 Å². The van der Waals surface area contributed by atoms with E-state index in [2.05, 4.69) is 15.3 Å². The molecule has 0 bridgehead atoms. The first-order valence-corrected chi connectivity index (χ1v) is 3.85. The van der Waals surface area contributed by atoms with E-state index in [0.717, 1.165) is 0 Å². The van der Waals surface area contributed by atoms with Gasteiger partial charge in [0.05, 0.1) is 0 Å². The highest BCUT2D eigenvalue weighted by atomic mass is 32.1. The first-order valence-electron chi connectivity index (χ1n) is 3.44. The maximum atomic E-state index is 8.94. The van der Waals surface area contributed by atoms with Crippen LogP contribution in [0, 0.1) is 0 Å². The Balaban J connectivity index is 2.66. The summed E-state index contributed by atoms with van der Waals surface area (Å²) < 4.78 is 0. The van der Waals surface area contributed by atoms with Crippen LogP contribution in [0.4, 0.5) is 0 Å². The second-order valence-corrected chi connectivity index (χ2v) is 2.68. The van der Waals surface area contributed by atoms with Crippen molar-refractivity contribution >= 4 is 17.2 Å². The molecule has 0 saturated heterocycles. The van der Waals surface area contributed by atoms with Gasteiger partial charge in [0.25, 0.3) is 0 Å². The molecule has 1 aromatic heterocycles. The van der Waals surface area contributed by atoms with Gasteiger partial charge in [-0.05, 0) is 6.92 Å². The lowest BCUT2D eigenvalue weighted by molar-refractivity contribution is 0.181. The number of aromatic nitrogens is 2. The Bertz CT molecular complexity index is 263. The molecule has 12 heavy (non-hydrogen) atoms. The Morgan fingerprint density at radius 1 is 1.58 bits per heavy atom. The first kappa shape index (κ1) is 9.02. The molecule has 0 aliphatic rings. The number of thiocarbonyl (C=S) groups is 1. The molecule has 1 rings (SSSR count). The number of aliphatic hydroxyl groups is 1. The highest BCUT2D eigenvalue weighted by Crippen LogP contribution is 1.94. The largest absolute Gasteiger partial charge is 0.374 e. The smallest absolute Gasteiger partial charge is 0.122 e. The number of hydrogen-bond acceptors (Lipinski definition) is 4. The fourth-order valence-corrected chi connectivity index (χ4v) is 0.965. The van der Waals surface area contributed by atoms with Crippen molar-refractivity contribution in [1.82, 2.24) is 15.3 Å². The molecule has 1 heterocycles. The van der Waals surface area contributed by atoms with Gasteiger partial charge in [-0.15, -0.1) is 0 Å². The van der Waals surface area contributed by atoms with Crippen molar-refractivity contribution in [2.24, 2.45) is 0 Å². The van der Waals surface area contributed by atoms with E-state index in [1.807, 2.05) is 0 Å². The summed E-state index contributed by atoms with van der Waals surface area (Å²) in [5.41, 5.74) is 0.702. The SMILES string of the molecule is CC(O)NC(=S)c1cncnc1. The summed E-state index contributed by atoms with van der Waals surface area (Å²) in [6.07, 6.45) is 3.95. The Morgan fingerprint density at radius 2 is 2.17 bits per heavy atom. The third-order valence-electron chi connectivity index (χ3n) is 1.16. The Kier molecular flexibility index (Phi) is 3.07. The second kappa shape index (κ2) is 4.08. The maximum Gasteiger partial charge on any atom is 0.122 e. The van der Waals surface area contributed by atoms with E-state index in [1.54, 1.807) is 19.3 Å². The first-order chi connectivity index (χ1) is 5.70. The average molecular weight is 183 g/mol. The zero-order valence-corrected chi connectivity index (χ0v) is 7.38. The van der Waals surface area contributed by atoms with Crippen LogP contribution in [0.25, 0.3) is 0 Å². The lowest BCUT2D eigenvalue weighted by atomic mass is 10.3. The van der Waals surface area contributed by atoms with Gasteiger partial charge < -0.3 is 10.4 Å². The fourth-order valence-electron chi connectivity index (χ4n) is 0.689. The minimum atomic E-state index is -0.655. The van der Waals surface area contributed by atoms with Crippen LogP contribution >= 0.6 is 12.2 Å². The van der Waals surface area contributed by atoms with Crippen molar-refractivity contribution in [2.45, 2.75) is 13.2 Å². The molecule has 5 heteroatoms. The summed E-state index contributed by atoms with van der Waals surface area (Å²) in [5, 5.41) is 11.6. The molecule has 0 aromatic carbocycles. The van der Waals surface area contributed by atoms with Crippen LogP contribution in [0.5, 0.6) is 0 Å². The van der Waals surface area contributed by atoms with Crippen LogP contribution < -0.4 is 5.32 Å². The molecule has 1 unspecified atom stereocenters. The molecule has 64 valence electrons. The second-order valence-electron chi connectivity index (χ2n) is 2.28.